The fraction of sp³-hybridized carbons (Fsp3) is 0. The summed E-state index contributed by atoms with van der Waals surface area (Å²) in [6, 6.07) is 75.7. The van der Waals surface area contributed by atoms with Gasteiger partial charge in [-0.25, -0.2) is 0 Å². The SMILES string of the molecule is c1ccc(-c2ccc(-n3c4ccc(-c5ccccc5)cc4c4cc(-c5cccc(-c6ccc7c8cccc9c%10ccccc%10n(c7c6)c98)c5)ccc43)cc2)cc1. The average molecular weight is 711 g/mol. The predicted octanol–water partition coefficient (Wildman–Crippen LogP) is 14.6. The molecular weight excluding hydrogens is 677 g/mol. The van der Waals surface area contributed by atoms with Gasteiger partial charge in [0, 0.05) is 38.0 Å². The highest BCUT2D eigenvalue weighted by molar-refractivity contribution is 6.23. The molecule has 12 aromatic rings. The van der Waals surface area contributed by atoms with Gasteiger partial charge in [-0.2, -0.15) is 0 Å². The summed E-state index contributed by atoms with van der Waals surface area (Å²) in [7, 11) is 0. The van der Waals surface area contributed by atoms with E-state index in [1.807, 2.05) is 0 Å². The normalized spacial score (nSPS) is 11.9. The van der Waals surface area contributed by atoms with Crippen LogP contribution in [-0.2, 0) is 0 Å². The van der Waals surface area contributed by atoms with Crippen molar-refractivity contribution in [1.29, 1.82) is 0 Å². The minimum absolute atomic E-state index is 1.15. The predicted molar refractivity (Wildman–Crippen MR) is 237 cm³/mol. The molecule has 3 heterocycles. The van der Waals surface area contributed by atoms with Crippen molar-refractivity contribution in [3.8, 4) is 50.2 Å². The summed E-state index contributed by atoms with van der Waals surface area (Å²) >= 11 is 0. The fourth-order valence-corrected chi connectivity index (χ4v) is 9.21. The molecule has 0 amide bonds. The highest BCUT2D eigenvalue weighted by Gasteiger charge is 2.18. The summed E-state index contributed by atoms with van der Waals surface area (Å²) in [5, 5.41) is 7.71. The van der Waals surface area contributed by atoms with Gasteiger partial charge in [-0.3, -0.25) is 0 Å². The Bertz CT molecular complexity index is 3440. The van der Waals surface area contributed by atoms with E-state index in [0.29, 0.717) is 0 Å². The molecule has 0 spiro atoms. The lowest BCUT2D eigenvalue weighted by Crippen LogP contribution is -1.94. The Morgan fingerprint density at radius 3 is 1.36 bits per heavy atom. The maximum absolute atomic E-state index is 2.46. The van der Waals surface area contributed by atoms with Crippen LogP contribution in [0.4, 0.5) is 0 Å². The molecule has 0 saturated heterocycles. The Labute approximate surface area is 324 Å². The first-order valence-corrected chi connectivity index (χ1v) is 19.3. The van der Waals surface area contributed by atoms with Gasteiger partial charge in [-0.05, 0) is 99.1 Å². The van der Waals surface area contributed by atoms with E-state index >= 15 is 0 Å². The first kappa shape index (κ1) is 31.0. The Morgan fingerprint density at radius 2 is 0.679 bits per heavy atom. The maximum Gasteiger partial charge on any atom is 0.0620 e. The molecule has 0 aliphatic heterocycles. The number of rotatable bonds is 5. The van der Waals surface area contributed by atoms with Crippen LogP contribution < -0.4 is 0 Å². The van der Waals surface area contributed by atoms with Crippen LogP contribution in [0.2, 0.25) is 0 Å². The number of para-hydroxylation sites is 2. The Hall–Kier alpha value is -7.42. The van der Waals surface area contributed by atoms with Crippen molar-refractivity contribution in [2.24, 2.45) is 0 Å². The lowest BCUT2D eigenvalue weighted by molar-refractivity contribution is 1.18. The van der Waals surface area contributed by atoms with Gasteiger partial charge < -0.3 is 8.97 Å². The van der Waals surface area contributed by atoms with Crippen LogP contribution in [0.1, 0.15) is 0 Å². The molecule has 0 unspecified atom stereocenters. The van der Waals surface area contributed by atoms with Gasteiger partial charge in [0.1, 0.15) is 0 Å². The van der Waals surface area contributed by atoms with Crippen LogP contribution in [0.25, 0.3) is 110 Å². The van der Waals surface area contributed by atoms with Gasteiger partial charge >= 0.3 is 0 Å². The lowest BCUT2D eigenvalue weighted by atomic mass is 9.97. The minimum Gasteiger partial charge on any atom is -0.309 e. The molecule has 260 valence electrons. The van der Waals surface area contributed by atoms with Gasteiger partial charge in [-0.15, -0.1) is 0 Å². The van der Waals surface area contributed by atoms with Crippen molar-refractivity contribution in [1.82, 2.24) is 8.97 Å². The molecule has 9 aromatic carbocycles. The smallest absolute Gasteiger partial charge is 0.0620 e. The van der Waals surface area contributed by atoms with E-state index in [1.54, 1.807) is 0 Å². The second-order valence-electron chi connectivity index (χ2n) is 14.9. The monoisotopic (exact) mass is 710 g/mol. The first-order valence-electron chi connectivity index (χ1n) is 19.3. The fourth-order valence-electron chi connectivity index (χ4n) is 9.21. The molecule has 0 N–H and O–H groups in total. The van der Waals surface area contributed by atoms with Crippen molar-refractivity contribution in [2.75, 3.05) is 0 Å². The molecule has 0 saturated carbocycles. The third kappa shape index (κ3) is 4.63. The zero-order chi connectivity index (χ0) is 36.7. The van der Waals surface area contributed by atoms with Crippen molar-refractivity contribution in [3.05, 3.63) is 206 Å². The molecule has 0 aliphatic rings. The molecule has 12 rings (SSSR count). The van der Waals surface area contributed by atoms with E-state index < -0.39 is 0 Å². The molecule has 0 radical (unpaired) electrons. The number of aromatic nitrogens is 2. The molecule has 3 aromatic heterocycles. The summed E-state index contributed by atoms with van der Waals surface area (Å²) < 4.78 is 4.88. The third-order valence-electron chi connectivity index (χ3n) is 11.9. The van der Waals surface area contributed by atoms with E-state index in [2.05, 4.69) is 215 Å². The minimum atomic E-state index is 1.15. The number of fused-ring (bicyclic) bond motifs is 9. The van der Waals surface area contributed by atoms with Gasteiger partial charge in [0.05, 0.1) is 27.6 Å². The highest BCUT2D eigenvalue weighted by Crippen LogP contribution is 2.41. The number of hydrogen-bond donors (Lipinski definition) is 0. The molecular formula is C54H34N2. The zero-order valence-corrected chi connectivity index (χ0v) is 30.5. The number of benzene rings is 9. The van der Waals surface area contributed by atoms with E-state index in [9.17, 15) is 0 Å². The number of nitrogens with zero attached hydrogens (tertiary/aromatic N) is 2. The lowest BCUT2D eigenvalue weighted by Gasteiger charge is -2.11. The van der Waals surface area contributed by atoms with Crippen molar-refractivity contribution < 1.29 is 0 Å². The highest BCUT2D eigenvalue weighted by atomic mass is 15.0. The molecule has 0 fully saturated rings. The molecule has 0 bridgehead atoms. The van der Waals surface area contributed by atoms with Crippen LogP contribution in [0.3, 0.4) is 0 Å². The van der Waals surface area contributed by atoms with Crippen molar-refractivity contribution in [3.63, 3.8) is 0 Å². The van der Waals surface area contributed by atoms with Crippen LogP contribution in [0.5, 0.6) is 0 Å². The average Bonchev–Trinajstić information content (AvgIpc) is 3.92. The molecule has 56 heavy (non-hydrogen) atoms. The third-order valence-corrected chi connectivity index (χ3v) is 11.9. The van der Waals surface area contributed by atoms with E-state index in [4.69, 9.17) is 0 Å². The summed E-state index contributed by atoms with van der Waals surface area (Å²) in [5.41, 5.74) is 17.1. The van der Waals surface area contributed by atoms with E-state index in [-0.39, 0.29) is 0 Å². The second-order valence-corrected chi connectivity index (χ2v) is 14.9. The number of hydrogen-bond acceptors (Lipinski definition) is 0. The largest absolute Gasteiger partial charge is 0.309 e. The molecule has 0 atom stereocenters. The summed E-state index contributed by atoms with van der Waals surface area (Å²) in [5.74, 6) is 0. The Kier molecular flexibility index (Phi) is 6.66. The summed E-state index contributed by atoms with van der Waals surface area (Å²) in [6.07, 6.45) is 0. The van der Waals surface area contributed by atoms with Crippen molar-refractivity contribution in [2.45, 2.75) is 0 Å². The van der Waals surface area contributed by atoms with Crippen LogP contribution in [0, 0.1) is 0 Å². The second kappa shape index (κ2) is 12.0. The van der Waals surface area contributed by atoms with Gasteiger partial charge in [-0.1, -0.05) is 152 Å². The summed E-state index contributed by atoms with van der Waals surface area (Å²) in [4.78, 5) is 0. The van der Waals surface area contributed by atoms with Crippen LogP contribution in [0.15, 0.2) is 206 Å². The summed E-state index contributed by atoms with van der Waals surface area (Å²) in [6.45, 7) is 0. The zero-order valence-electron chi connectivity index (χ0n) is 30.5. The quantitative estimate of drug-likeness (QED) is 0.168. The topological polar surface area (TPSA) is 9.34 Å². The standard InChI is InChI=1S/C54H34N2/c1-3-11-35(12-4-1)37-21-26-43(27-22-37)55-51-29-24-40(36-13-5-2-6-14-36)32-48(51)49-33-41(25-30-52(49)55)38-15-9-16-39(31-38)42-23-28-45-47-19-10-18-46-44-17-7-8-20-50(44)56(54(46)47)53(45)34-42/h1-34H. The maximum atomic E-state index is 2.46. The molecule has 2 heteroatoms. The van der Waals surface area contributed by atoms with Crippen molar-refractivity contribution >= 4 is 59.9 Å². The van der Waals surface area contributed by atoms with E-state index in [1.165, 1.54) is 104 Å². The van der Waals surface area contributed by atoms with Gasteiger partial charge in [0.25, 0.3) is 0 Å². The Morgan fingerprint density at radius 1 is 0.232 bits per heavy atom. The van der Waals surface area contributed by atoms with Crippen LogP contribution >= 0.6 is 0 Å². The van der Waals surface area contributed by atoms with Gasteiger partial charge in [0.2, 0.25) is 0 Å². The first-order chi connectivity index (χ1) is 27.8. The van der Waals surface area contributed by atoms with E-state index in [0.717, 1.165) is 5.69 Å². The van der Waals surface area contributed by atoms with Crippen LogP contribution in [-0.4, -0.2) is 8.97 Å². The molecule has 0 aliphatic carbocycles. The van der Waals surface area contributed by atoms with Gasteiger partial charge in [0.15, 0.2) is 0 Å². The molecule has 2 nitrogen and oxygen atoms in total. The Balaban J connectivity index is 1.01.